The van der Waals surface area contributed by atoms with Crippen molar-refractivity contribution < 1.29 is 9.59 Å². The third-order valence-corrected chi connectivity index (χ3v) is 7.64. The number of rotatable bonds is 8. The fraction of sp³-hybridized carbons (Fsp3) is 0.290. The van der Waals surface area contributed by atoms with Crippen molar-refractivity contribution in [2.75, 3.05) is 39.0 Å². The molecule has 0 saturated carbocycles. The molecule has 1 aliphatic heterocycles. The van der Waals surface area contributed by atoms with Crippen molar-refractivity contribution in [3.8, 4) is 11.3 Å². The number of H-pyrrole nitrogens is 1. The summed E-state index contributed by atoms with van der Waals surface area (Å²) in [6.45, 7) is 1.92. The highest BCUT2D eigenvalue weighted by molar-refractivity contribution is 7.84. The van der Waals surface area contributed by atoms with Crippen LogP contribution in [0.25, 0.3) is 22.2 Å². The minimum atomic E-state index is -0.257. The molecule has 41 heavy (non-hydrogen) atoms. The number of piperidine rings is 1. The average molecular weight is 589 g/mol. The van der Waals surface area contributed by atoms with E-state index >= 15 is 0 Å². The zero-order chi connectivity index (χ0) is 28.9. The first kappa shape index (κ1) is 28.9. The van der Waals surface area contributed by atoms with Crippen molar-refractivity contribution in [1.29, 1.82) is 0 Å². The van der Waals surface area contributed by atoms with E-state index < -0.39 is 0 Å². The maximum atomic E-state index is 13.3. The third kappa shape index (κ3) is 7.16. The number of nitrogens with zero attached hydrogens (tertiary/aromatic N) is 4. The molecule has 10 heteroatoms. The van der Waals surface area contributed by atoms with Gasteiger partial charge in [0.2, 0.25) is 5.91 Å². The molecular formula is C31H33ClN6O2S. The van der Waals surface area contributed by atoms with Crippen LogP contribution in [0.2, 0.25) is 5.02 Å². The fourth-order valence-corrected chi connectivity index (χ4v) is 5.80. The van der Waals surface area contributed by atoms with Gasteiger partial charge in [-0.15, -0.1) is 12.6 Å². The summed E-state index contributed by atoms with van der Waals surface area (Å²) in [5.41, 5.74) is 3.90. The number of halogens is 1. The Bertz CT molecular complexity index is 1580. The number of hydrogen-bond donors (Lipinski definition) is 3. The number of hydrogen-bond acceptors (Lipinski definition) is 6. The summed E-state index contributed by atoms with van der Waals surface area (Å²) in [4.78, 5) is 42.7. The molecule has 1 atom stereocenters. The zero-order valence-corrected chi connectivity index (χ0v) is 24.8. The van der Waals surface area contributed by atoms with Crippen molar-refractivity contribution in [2.24, 2.45) is 5.92 Å². The molecule has 2 aromatic carbocycles. The van der Waals surface area contributed by atoms with Gasteiger partial charge in [-0.1, -0.05) is 29.8 Å². The minimum absolute atomic E-state index is 0.0207. The lowest BCUT2D eigenvalue weighted by Crippen LogP contribution is -2.40. The molecule has 0 bridgehead atoms. The summed E-state index contributed by atoms with van der Waals surface area (Å²) in [6.07, 6.45) is 7.64. The van der Waals surface area contributed by atoms with Crippen LogP contribution in [0.15, 0.2) is 71.9 Å². The number of thiol groups is 1. The number of likely N-dealkylation sites (tertiary alicyclic amines) is 1. The minimum Gasteiger partial charge on any atom is -0.360 e. The number of fused-ring (bicyclic) bond motifs is 1. The Labute approximate surface area is 250 Å². The van der Waals surface area contributed by atoms with Gasteiger partial charge in [0.15, 0.2) is 0 Å². The number of amides is 2. The number of aromatic amines is 1. The molecule has 2 amide bonds. The fourth-order valence-electron chi connectivity index (χ4n) is 5.21. The van der Waals surface area contributed by atoms with E-state index in [0.29, 0.717) is 52.9 Å². The molecule has 0 spiro atoms. The largest absolute Gasteiger partial charge is 0.360 e. The molecule has 4 aromatic rings. The molecule has 0 radical (unpaired) electrons. The number of para-hydroxylation sites is 1. The van der Waals surface area contributed by atoms with E-state index in [9.17, 15) is 9.59 Å². The van der Waals surface area contributed by atoms with Crippen molar-refractivity contribution in [1.82, 2.24) is 24.8 Å². The first-order valence-corrected chi connectivity index (χ1v) is 14.4. The third-order valence-electron chi connectivity index (χ3n) is 7.09. The predicted octanol–water partition coefficient (Wildman–Crippen LogP) is 5.69. The van der Waals surface area contributed by atoms with Crippen LogP contribution in [0.4, 0.5) is 5.69 Å². The molecule has 8 nitrogen and oxygen atoms in total. The zero-order valence-electron chi connectivity index (χ0n) is 23.1. The maximum absolute atomic E-state index is 13.3. The smallest absolute Gasteiger partial charge is 0.253 e. The van der Waals surface area contributed by atoms with Crippen LogP contribution in [0.1, 0.15) is 29.0 Å². The van der Waals surface area contributed by atoms with E-state index in [1.165, 1.54) is 6.08 Å². The van der Waals surface area contributed by atoms with Gasteiger partial charge in [0.05, 0.1) is 10.7 Å². The molecule has 3 heterocycles. The number of likely N-dealkylation sites (N-methyl/N-ethyl adjacent to an activating group) is 1. The van der Waals surface area contributed by atoms with E-state index in [4.69, 9.17) is 16.6 Å². The number of carbonyl (C=O) groups excluding carboxylic acids is 2. The Morgan fingerprint density at radius 2 is 1.98 bits per heavy atom. The number of benzene rings is 2. The molecule has 1 fully saturated rings. The van der Waals surface area contributed by atoms with Gasteiger partial charge in [0.1, 0.15) is 5.82 Å². The lowest BCUT2D eigenvalue weighted by molar-refractivity contribution is -0.111. The lowest BCUT2D eigenvalue weighted by Gasteiger charge is -2.32. The summed E-state index contributed by atoms with van der Waals surface area (Å²) >= 11 is 10.9. The number of nitrogens with one attached hydrogen (secondary N) is 2. The lowest BCUT2D eigenvalue weighted by atomic mass is 9.94. The highest BCUT2D eigenvalue weighted by Gasteiger charge is 2.26. The Morgan fingerprint density at radius 1 is 1.20 bits per heavy atom. The Morgan fingerprint density at radius 3 is 2.76 bits per heavy atom. The maximum Gasteiger partial charge on any atom is 0.253 e. The van der Waals surface area contributed by atoms with Gasteiger partial charge in [-0.25, -0.2) is 9.97 Å². The highest BCUT2D eigenvalue weighted by atomic mass is 35.5. The first-order chi connectivity index (χ1) is 19.8. The SMILES string of the molecule is CN(C)C/C(S)=C/C(=O)Nc1ccc(C(=O)N2CCC[C@@H](Cc3ncc(Cl)c(-c4c[nH]c5ccccc45)n3)C2)cc1. The quantitative estimate of drug-likeness (QED) is 0.182. The van der Waals surface area contributed by atoms with Crippen LogP contribution < -0.4 is 5.32 Å². The van der Waals surface area contributed by atoms with E-state index in [0.717, 1.165) is 35.1 Å². The van der Waals surface area contributed by atoms with E-state index in [2.05, 4.69) is 27.9 Å². The molecule has 212 valence electrons. The number of aromatic nitrogens is 3. The molecule has 1 aliphatic rings. The van der Waals surface area contributed by atoms with Crippen LogP contribution in [0, 0.1) is 5.92 Å². The van der Waals surface area contributed by atoms with Crippen molar-refractivity contribution in [3.05, 3.63) is 88.3 Å². The van der Waals surface area contributed by atoms with E-state index in [-0.39, 0.29) is 17.7 Å². The van der Waals surface area contributed by atoms with Crippen molar-refractivity contribution in [3.63, 3.8) is 0 Å². The standard InChI is InChI=1S/C31H33ClN6O2S/c1-37(2)19-23(41)15-29(39)35-22-11-9-21(10-12-22)31(40)38-13-5-6-20(18-38)14-28-34-17-26(32)30(36-28)25-16-33-27-8-4-3-7-24(25)27/h3-4,7-12,15-17,20,33,41H,5-6,13-14,18-19H2,1-2H3,(H,35,39)/b23-15-/t20-/m0/s1. The van der Waals surface area contributed by atoms with E-state index in [1.54, 1.807) is 30.5 Å². The first-order valence-electron chi connectivity index (χ1n) is 13.6. The number of carbonyl (C=O) groups is 2. The highest BCUT2D eigenvalue weighted by Crippen LogP contribution is 2.32. The second kappa shape index (κ2) is 12.9. The molecule has 0 unspecified atom stereocenters. The summed E-state index contributed by atoms with van der Waals surface area (Å²) in [6, 6.07) is 15.1. The molecule has 0 aliphatic carbocycles. The molecular weight excluding hydrogens is 556 g/mol. The Hall–Kier alpha value is -3.66. The second-order valence-electron chi connectivity index (χ2n) is 10.6. The summed E-state index contributed by atoms with van der Waals surface area (Å²) < 4.78 is 0. The summed E-state index contributed by atoms with van der Waals surface area (Å²) in [7, 11) is 3.83. The van der Waals surface area contributed by atoms with Gasteiger partial charge >= 0.3 is 0 Å². The van der Waals surface area contributed by atoms with Gasteiger partial charge in [0, 0.05) is 77.1 Å². The topological polar surface area (TPSA) is 94.2 Å². The van der Waals surface area contributed by atoms with Gasteiger partial charge in [-0.2, -0.15) is 0 Å². The summed E-state index contributed by atoms with van der Waals surface area (Å²) in [5, 5.41) is 4.39. The predicted molar refractivity (Wildman–Crippen MR) is 167 cm³/mol. The van der Waals surface area contributed by atoms with Gasteiger partial charge in [-0.05, 0) is 63.2 Å². The van der Waals surface area contributed by atoms with Crippen molar-refractivity contribution in [2.45, 2.75) is 19.3 Å². The Balaban J connectivity index is 1.22. The average Bonchev–Trinajstić information content (AvgIpc) is 3.38. The van der Waals surface area contributed by atoms with Crippen LogP contribution in [-0.2, 0) is 11.2 Å². The molecule has 2 N–H and O–H groups in total. The van der Waals surface area contributed by atoms with Crippen LogP contribution >= 0.6 is 24.2 Å². The molecule has 2 aromatic heterocycles. The van der Waals surface area contributed by atoms with Gasteiger partial charge < -0.3 is 20.1 Å². The normalized spacial score (nSPS) is 15.9. The van der Waals surface area contributed by atoms with E-state index in [1.807, 2.05) is 54.4 Å². The molecule has 5 rings (SSSR count). The van der Waals surface area contributed by atoms with Crippen LogP contribution in [0.3, 0.4) is 0 Å². The van der Waals surface area contributed by atoms with Crippen molar-refractivity contribution >= 4 is 52.6 Å². The number of anilines is 1. The van der Waals surface area contributed by atoms with Crippen LogP contribution in [-0.4, -0.2) is 70.3 Å². The monoisotopic (exact) mass is 588 g/mol. The van der Waals surface area contributed by atoms with Crippen LogP contribution in [0.5, 0.6) is 0 Å². The van der Waals surface area contributed by atoms with Gasteiger partial charge in [-0.3, -0.25) is 9.59 Å². The van der Waals surface area contributed by atoms with Gasteiger partial charge in [0.25, 0.3) is 5.91 Å². The molecule has 1 saturated heterocycles. The Kier molecular flexibility index (Phi) is 9.07. The second-order valence-corrected chi connectivity index (χ2v) is 11.6. The summed E-state index contributed by atoms with van der Waals surface area (Å²) in [5.74, 6) is 0.686.